The van der Waals surface area contributed by atoms with Crippen molar-refractivity contribution in [1.29, 1.82) is 0 Å². The van der Waals surface area contributed by atoms with Gasteiger partial charge >= 0.3 is 0 Å². The molecule has 2 N–H and O–H groups in total. The van der Waals surface area contributed by atoms with E-state index in [1.807, 2.05) is 0 Å². The number of hydrogen-bond acceptors (Lipinski definition) is 5. The zero-order chi connectivity index (χ0) is 18.0. The first-order valence-electron chi connectivity index (χ1n) is 8.26. The predicted octanol–water partition coefficient (Wildman–Crippen LogP) is 1.80. The van der Waals surface area contributed by atoms with Crippen molar-refractivity contribution in [2.45, 2.75) is 31.2 Å². The fraction of sp³-hybridized carbons (Fsp3) is 0.647. The highest BCUT2D eigenvalue weighted by molar-refractivity contribution is 7.89. The topological polar surface area (TPSA) is 75.9 Å². The second kappa shape index (κ2) is 8.68. The van der Waals surface area contributed by atoms with Crippen LogP contribution < -0.4 is 10.5 Å². The number of nitrogens with zero attached hydrogens (tertiary/aromatic N) is 2. The van der Waals surface area contributed by atoms with Gasteiger partial charge in [0.1, 0.15) is 12.4 Å². The summed E-state index contributed by atoms with van der Waals surface area (Å²) in [6, 6.07) is 6.81. The molecule has 0 aromatic heterocycles. The molecule has 8 heteroatoms. The molecule has 144 valence electrons. The molecule has 1 unspecified atom stereocenters. The van der Waals surface area contributed by atoms with Crippen LogP contribution in [0.4, 0.5) is 0 Å². The average Bonchev–Trinajstić information content (AvgIpc) is 2.51. The Balaban J connectivity index is 0.00000312. The quantitative estimate of drug-likeness (QED) is 0.800. The molecule has 25 heavy (non-hydrogen) atoms. The van der Waals surface area contributed by atoms with Crippen molar-refractivity contribution in [3.05, 3.63) is 24.3 Å². The van der Waals surface area contributed by atoms with E-state index in [0.29, 0.717) is 12.4 Å². The fourth-order valence-corrected chi connectivity index (χ4v) is 3.79. The molecule has 1 atom stereocenters. The number of benzene rings is 1. The zero-order valence-corrected chi connectivity index (χ0v) is 17.1. The number of hydrogen-bond donors (Lipinski definition) is 1. The van der Waals surface area contributed by atoms with Crippen LogP contribution in [0.25, 0.3) is 0 Å². The highest BCUT2D eigenvalue weighted by Gasteiger charge is 2.33. The molecule has 0 radical (unpaired) electrons. The Morgan fingerprint density at radius 3 is 2.40 bits per heavy atom. The molecule has 0 bridgehead atoms. The highest BCUT2D eigenvalue weighted by atomic mass is 35.5. The number of nitrogens with two attached hydrogens (primary N) is 1. The predicted molar refractivity (Wildman–Crippen MR) is 103 cm³/mol. The molecule has 6 nitrogen and oxygen atoms in total. The maximum absolute atomic E-state index is 12.0. The van der Waals surface area contributed by atoms with Crippen molar-refractivity contribution in [1.82, 2.24) is 9.21 Å². The van der Waals surface area contributed by atoms with Crippen LogP contribution in [0, 0.1) is 5.41 Å². The Bertz CT molecular complexity index is 648. The molecular formula is C17H30ClN3O3S. The van der Waals surface area contributed by atoms with Gasteiger partial charge in [-0.05, 0) is 42.6 Å². The van der Waals surface area contributed by atoms with Crippen LogP contribution in [0.2, 0.25) is 0 Å². The number of piperidine rings is 1. The van der Waals surface area contributed by atoms with E-state index in [9.17, 15) is 8.42 Å². The van der Waals surface area contributed by atoms with Crippen LogP contribution in [-0.2, 0) is 10.0 Å². The lowest BCUT2D eigenvalue weighted by Crippen LogP contribution is -2.53. The number of sulfonamides is 1. The number of rotatable bonds is 6. The second-order valence-corrected chi connectivity index (χ2v) is 9.42. The van der Waals surface area contributed by atoms with Gasteiger partial charge in [0.2, 0.25) is 10.0 Å². The van der Waals surface area contributed by atoms with Gasteiger partial charge in [-0.15, -0.1) is 12.4 Å². The van der Waals surface area contributed by atoms with Crippen molar-refractivity contribution < 1.29 is 13.2 Å². The van der Waals surface area contributed by atoms with Gasteiger partial charge in [-0.2, -0.15) is 0 Å². The second-order valence-electron chi connectivity index (χ2n) is 7.27. The Kier molecular flexibility index (Phi) is 7.71. The van der Waals surface area contributed by atoms with E-state index in [1.165, 1.54) is 18.4 Å². The van der Waals surface area contributed by atoms with E-state index in [2.05, 4.69) is 18.7 Å². The van der Waals surface area contributed by atoms with Crippen LogP contribution in [0.3, 0.4) is 0 Å². The molecular weight excluding hydrogens is 362 g/mol. The van der Waals surface area contributed by atoms with E-state index in [1.54, 1.807) is 24.3 Å². The number of likely N-dealkylation sites (tertiary alicyclic amines) is 1. The van der Waals surface area contributed by atoms with Crippen molar-refractivity contribution in [3.8, 4) is 5.75 Å². The normalized spacial score (nSPS) is 21.0. The summed E-state index contributed by atoms with van der Waals surface area (Å²) in [5.41, 5.74) is 6.28. The van der Waals surface area contributed by atoms with Crippen LogP contribution in [-0.4, -0.2) is 64.0 Å². The van der Waals surface area contributed by atoms with Crippen LogP contribution in [0.1, 0.15) is 20.3 Å². The first kappa shape index (κ1) is 22.2. The average molecular weight is 392 g/mol. The maximum Gasteiger partial charge on any atom is 0.242 e. The minimum absolute atomic E-state index is 0. The summed E-state index contributed by atoms with van der Waals surface area (Å²) in [5.74, 6) is 0.681. The monoisotopic (exact) mass is 391 g/mol. The van der Waals surface area contributed by atoms with Crippen LogP contribution >= 0.6 is 12.4 Å². The molecule has 0 amide bonds. The molecule has 1 aromatic carbocycles. The third-order valence-corrected chi connectivity index (χ3v) is 6.50. The standard InChI is InChI=1S/C17H29N3O3S.ClH/c1-17(2)13-20(10-9-16(17)18)11-12-23-14-5-7-15(8-6-14)24(21,22)19(3)4;/h5-8,16H,9-13,18H2,1-4H3;1H. The summed E-state index contributed by atoms with van der Waals surface area (Å²) in [6.45, 7) is 7.79. The van der Waals surface area contributed by atoms with E-state index >= 15 is 0 Å². The number of halogens is 1. The summed E-state index contributed by atoms with van der Waals surface area (Å²) in [7, 11) is -0.353. The molecule has 2 rings (SSSR count). The van der Waals surface area contributed by atoms with Crippen LogP contribution in [0.15, 0.2) is 29.2 Å². The summed E-state index contributed by atoms with van der Waals surface area (Å²) in [6.07, 6.45) is 1.00. The van der Waals surface area contributed by atoms with Crippen molar-refractivity contribution in [3.63, 3.8) is 0 Å². The highest BCUT2D eigenvalue weighted by Crippen LogP contribution is 2.27. The van der Waals surface area contributed by atoms with Gasteiger partial charge in [0.25, 0.3) is 0 Å². The summed E-state index contributed by atoms with van der Waals surface area (Å²) in [5, 5.41) is 0. The van der Waals surface area contributed by atoms with Gasteiger partial charge in [0.05, 0.1) is 4.90 Å². The van der Waals surface area contributed by atoms with Gasteiger partial charge in [-0.3, -0.25) is 4.90 Å². The third-order valence-electron chi connectivity index (χ3n) is 4.67. The first-order chi connectivity index (χ1) is 11.1. The molecule has 1 heterocycles. The Morgan fingerprint density at radius 1 is 1.28 bits per heavy atom. The summed E-state index contributed by atoms with van der Waals surface area (Å²) >= 11 is 0. The Hall–Kier alpha value is -0.860. The summed E-state index contributed by atoms with van der Waals surface area (Å²) < 4.78 is 31.0. The Labute approximate surface area is 157 Å². The minimum atomic E-state index is -3.39. The van der Waals surface area contributed by atoms with Gasteiger partial charge in [0.15, 0.2) is 0 Å². The van der Waals surface area contributed by atoms with Gasteiger partial charge in [-0.1, -0.05) is 13.8 Å². The third kappa shape index (κ3) is 5.56. The van der Waals surface area contributed by atoms with Crippen molar-refractivity contribution in [2.24, 2.45) is 11.1 Å². The largest absolute Gasteiger partial charge is 0.492 e. The lowest BCUT2D eigenvalue weighted by atomic mass is 9.80. The lowest BCUT2D eigenvalue weighted by Gasteiger charge is -2.42. The number of ether oxygens (including phenoxy) is 1. The maximum atomic E-state index is 12.0. The molecule has 1 aromatic rings. The molecule has 0 saturated carbocycles. The first-order valence-corrected chi connectivity index (χ1v) is 9.70. The molecule has 1 fully saturated rings. The SMILES string of the molecule is CN(C)S(=O)(=O)c1ccc(OCCN2CCC(N)C(C)(C)C2)cc1.Cl. The van der Waals surface area contributed by atoms with Crippen LogP contribution in [0.5, 0.6) is 5.75 Å². The molecule has 0 aliphatic carbocycles. The zero-order valence-electron chi connectivity index (χ0n) is 15.4. The van der Waals surface area contributed by atoms with Gasteiger partial charge in [0, 0.05) is 33.2 Å². The van der Waals surface area contributed by atoms with Gasteiger partial charge < -0.3 is 10.5 Å². The summed E-state index contributed by atoms with van der Waals surface area (Å²) in [4.78, 5) is 2.64. The van der Waals surface area contributed by atoms with Gasteiger partial charge in [-0.25, -0.2) is 12.7 Å². The van der Waals surface area contributed by atoms with E-state index in [4.69, 9.17) is 10.5 Å². The van der Waals surface area contributed by atoms with E-state index in [-0.39, 0.29) is 28.8 Å². The smallest absolute Gasteiger partial charge is 0.242 e. The Morgan fingerprint density at radius 2 is 1.88 bits per heavy atom. The molecule has 1 aliphatic heterocycles. The van der Waals surface area contributed by atoms with Crippen molar-refractivity contribution in [2.75, 3.05) is 40.3 Å². The van der Waals surface area contributed by atoms with Crippen molar-refractivity contribution >= 4 is 22.4 Å². The lowest BCUT2D eigenvalue weighted by molar-refractivity contribution is 0.0831. The van der Waals surface area contributed by atoms with E-state index < -0.39 is 10.0 Å². The minimum Gasteiger partial charge on any atom is -0.492 e. The molecule has 1 saturated heterocycles. The molecule has 1 aliphatic rings. The fourth-order valence-electron chi connectivity index (χ4n) is 2.89. The molecule has 0 spiro atoms. The van der Waals surface area contributed by atoms with E-state index in [0.717, 1.165) is 26.1 Å².